The number of rotatable bonds is 3. The van der Waals surface area contributed by atoms with Crippen molar-refractivity contribution in [3.05, 3.63) is 45.2 Å². The van der Waals surface area contributed by atoms with E-state index < -0.39 is 17.4 Å². The Morgan fingerprint density at radius 3 is 2.93 bits per heavy atom. The number of benzene rings is 1. The largest absolute Gasteiger partial charge is 0.342 e. The van der Waals surface area contributed by atoms with E-state index in [-0.39, 0.29) is 23.7 Å². The third kappa shape index (κ3) is 4.12. The van der Waals surface area contributed by atoms with E-state index in [1.165, 1.54) is 0 Å². The van der Waals surface area contributed by atoms with Gasteiger partial charge in [-0.15, -0.1) is 0 Å². The maximum Gasteiger partial charge on any atom is 0.258 e. The lowest BCUT2D eigenvalue weighted by molar-refractivity contribution is -0.123. The van der Waals surface area contributed by atoms with Crippen molar-refractivity contribution in [2.45, 2.75) is 32.1 Å². The maximum atomic E-state index is 12.9. The molecule has 0 unspecified atom stereocenters. The summed E-state index contributed by atoms with van der Waals surface area (Å²) in [5.41, 5.74) is 0.269. The fraction of sp³-hybridized carbons (Fsp3) is 0.400. The molecule has 2 amide bonds. The van der Waals surface area contributed by atoms with Crippen LogP contribution in [0.2, 0.25) is 5.02 Å². The van der Waals surface area contributed by atoms with Crippen LogP contribution in [0, 0.1) is 5.92 Å². The molecule has 0 aliphatic carbocycles. The van der Waals surface area contributed by atoms with Gasteiger partial charge in [-0.3, -0.25) is 19.4 Å². The molecule has 152 valence electrons. The van der Waals surface area contributed by atoms with Crippen molar-refractivity contribution >= 4 is 40.9 Å². The number of carbonyl (C=O) groups excluding carboxylic acids is 2. The lowest BCUT2D eigenvalue weighted by Gasteiger charge is -2.32. The molecule has 1 aromatic heterocycles. The minimum Gasteiger partial charge on any atom is -0.342 e. The van der Waals surface area contributed by atoms with E-state index in [0.29, 0.717) is 22.6 Å². The number of anilines is 3. The maximum absolute atomic E-state index is 12.9. The second-order valence-corrected chi connectivity index (χ2v) is 8.09. The van der Waals surface area contributed by atoms with Crippen molar-refractivity contribution < 1.29 is 9.59 Å². The molecule has 2 aromatic rings. The molecule has 8 nitrogen and oxygen atoms in total. The van der Waals surface area contributed by atoms with Crippen LogP contribution in [0.1, 0.15) is 37.7 Å². The Labute approximate surface area is 172 Å². The number of hydrogen-bond donors (Lipinski definition) is 3. The molecule has 3 heterocycles. The summed E-state index contributed by atoms with van der Waals surface area (Å²) >= 11 is 5.96. The molecular weight excluding hydrogens is 394 g/mol. The van der Waals surface area contributed by atoms with Gasteiger partial charge < -0.3 is 15.5 Å². The van der Waals surface area contributed by atoms with E-state index in [9.17, 15) is 14.4 Å². The standard InChI is InChI=1S/C20H22ClN5O3/c1-11-4-3-7-26(10-11)20-24-17-16(19(29)25-20)14(9-15(27)23-17)18(28)22-13-6-2-5-12(21)8-13/h2,5-6,8,11,14H,3-4,7,9-10H2,1H3,(H,22,28)(H2,23,24,25,27,29)/t11-,14-/m1/s1. The van der Waals surface area contributed by atoms with Crippen LogP contribution in [0.25, 0.3) is 0 Å². The van der Waals surface area contributed by atoms with Gasteiger partial charge in [0.15, 0.2) is 0 Å². The quantitative estimate of drug-likeness (QED) is 0.714. The number of hydrogen-bond acceptors (Lipinski definition) is 5. The summed E-state index contributed by atoms with van der Waals surface area (Å²) < 4.78 is 0. The van der Waals surface area contributed by atoms with E-state index >= 15 is 0 Å². The Bertz CT molecular complexity index is 1020. The van der Waals surface area contributed by atoms with Crippen LogP contribution in [-0.4, -0.2) is 34.9 Å². The SMILES string of the molecule is C[C@@H]1CCCN(c2nc3c(c(=O)[nH]2)[C@H](C(=O)Nc2cccc(Cl)c2)CC(=O)N3)C1. The number of halogens is 1. The first-order valence-electron chi connectivity index (χ1n) is 9.66. The van der Waals surface area contributed by atoms with Gasteiger partial charge in [-0.2, -0.15) is 4.98 Å². The van der Waals surface area contributed by atoms with Crippen LogP contribution in [0.3, 0.4) is 0 Å². The van der Waals surface area contributed by atoms with Gasteiger partial charge in [-0.1, -0.05) is 24.6 Å². The molecule has 2 aliphatic heterocycles. The average molecular weight is 416 g/mol. The molecule has 0 radical (unpaired) electrons. The molecule has 4 rings (SSSR count). The first kappa shape index (κ1) is 19.4. The zero-order valence-electron chi connectivity index (χ0n) is 16.0. The van der Waals surface area contributed by atoms with Crippen LogP contribution in [0.15, 0.2) is 29.1 Å². The summed E-state index contributed by atoms with van der Waals surface area (Å²) in [5.74, 6) is -0.644. The highest BCUT2D eigenvalue weighted by Crippen LogP contribution is 2.31. The monoisotopic (exact) mass is 415 g/mol. The number of amides is 2. The molecule has 2 atom stereocenters. The van der Waals surface area contributed by atoms with Crippen molar-refractivity contribution in [1.29, 1.82) is 0 Å². The minimum absolute atomic E-state index is 0.121. The Balaban J connectivity index is 1.65. The van der Waals surface area contributed by atoms with E-state index in [4.69, 9.17) is 11.6 Å². The molecule has 1 aromatic carbocycles. The molecule has 1 fully saturated rings. The van der Waals surface area contributed by atoms with Gasteiger partial charge in [0.05, 0.1) is 11.5 Å². The van der Waals surface area contributed by atoms with E-state index in [1.54, 1.807) is 24.3 Å². The summed E-state index contributed by atoms with van der Waals surface area (Å²) in [6.07, 6.45) is 2.03. The molecule has 0 spiro atoms. The first-order valence-corrected chi connectivity index (χ1v) is 10.0. The van der Waals surface area contributed by atoms with Gasteiger partial charge in [0.1, 0.15) is 5.82 Å². The number of fused-ring (bicyclic) bond motifs is 1. The second kappa shape index (κ2) is 7.87. The zero-order chi connectivity index (χ0) is 20.5. The Morgan fingerprint density at radius 1 is 1.34 bits per heavy atom. The highest BCUT2D eigenvalue weighted by Gasteiger charge is 2.35. The summed E-state index contributed by atoms with van der Waals surface area (Å²) in [6.45, 7) is 3.73. The number of nitrogens with one attached hydrogen (secondary N) is 3. The zero-order valence-corrected chi connectivity index (χ0v) is 16.8. The number of H-pyrrole nitrogens is 1. The summed E-state index contributed by atoms with van der Waals surface area (Å²) in [5, 5.41) is 5.86. The lowest BCUT2D eigenvalue weighted by Crippen LogP contribution is -2.40. The van der Waals surface area contributed by atoms with Crippen molar-refractivity contribution in [2.24, 2.45) is 5.92 Å². The summed E-state index contributed by atoms with van der Waals surface area (Å²) in [6, 6.07) is 6.70. The fourth-order valence-corrected chi connectivity index (χ4v) is 4.10. The third-order valence-corrected chi connectivity index (χ3v) is 5.54. The molecule has 2 aliphatic rings. The highest BCUT2D eigenvalue weighted by molar-refractivity contribution is 6.30. The van der Waals surface area contributed by atoms with Gasteiger partial charge >= 0.3 is 0 Å². The van der Waals surface area contributed by atoms with E-state index in [2.05, 4.69) is 27.5 Å². The van der Waals surface area contributed by atoms with Gasteiger partial charge in [-0.05, 0) is 37.0 Å². The van der Waals surface area contributed by atoms with Crippen molar-refractivity contribution in [3.63, 3.8) is 0 Å². The van der Waals surface area contributed by atoms with E-state index in [0.717, 1.165) is 25.9 Å². The van der Waals surface area contributed by atoms with Gasteiger partial charge in [0.2, 0.25) is 17.8 Å². The molecule has 0 saturated carbocycles. The predicted molar refractivity (Wildman–Crippen MR) is 112 cm³/mol. The van der Waals surface area contributed by atoms with Gasteiger partial charge in [-0.25, -0.2) is 0 Å². The number of nitrogens with zero attached hydrogens (tertiary/aromatic N) is 2. The van der Waals surface area contributed by atoms with Crippen molar-refractivity contribution in [3.8, 4) is 0 Å². The van der Waals surface area contributed by atoms with Gasteiger partial charge in [0, 0.05) is 30.2 Å². The predicted octanol–water partition coefficient (Wildman–Crippen LogP) is 2.72. The third-order valence-electron chi connectivity index (χ3n) is 5.30. The van der Waals surface area contributed by atoms with Crippen LogP contribution in [0.5, 0.6) is 0 Å². The molecule has 29 heavy (non-hydrogen) atoms. The van der Waals surface area contributed by atoms with E-state index in [1.807, 2.05) is 4.90 Å². The molecule has 9 heteroatoms. The topological polar surface area (TPSA) is 107 Å². The van der Waals surface area contributed by atoms with Crippen molar-refractivity contribution in [2.75, 3.05) is 28.6 Å². The van der Waals surface area contributed by atoms with Crippen LogP contribution < -0.4 is 21.1 Å². The van der Waals surface area contributed by atoms with Crippen LogP contribution in [0.4, 0.5) is 17.5 Å². The molecule has 0 bridgehead atoms. The lowest BCUT2D eigenvalue weighted by atomic mass is 9.92. The smallest absolute Gasteiger partial charge is 0.258 e. The molecule has 1 saturated heterocycles. The normalized spacial score (nSPS) is 21.3. The Kier molecular flexibility index (Phi) is 5.27. The second-order valence-electron chi connectivity index (χ2n) is 7.65. The Hall–Kier alpha value is -2.87. The number of aromatic nitrogens is 2. The minimum atomic E-state index is -0.927. The fourth-order valence-electron chi connectivity index (χ4n) is 3.91. The van der Waals surface area contributed by atoms with Gasteiger partial charge in [0.25, 0.3) is 5.56 Å². The number of carbonyl (C=O) groups is 2. The van der Waals surface area contributed by atoms with Crippen LogP contribution in [-0.2, 0) is 9.59 Å². The summed E-state index contributed by atoms with van der Waals surface area (Å²) in [7, 11) is 0. The number of piperidine rings is 1. The number of aromatic amines is 1. The molecular formula is C20H22ClN5O3. The highest BCUT2D eigenvalue weighted by atomic mass is 35.5. The van der Waals surface area contributed by atoms with Crippen molar-refractivity contribution in [1.82, 2.24) is 9.97 Å². The average Bonchev–Trinajstić information content (AvgIpc) is 2.67. The van der Waals surface area contributed by atoms with Crippen LogP contribution >= 0.6 is 11.6 Å². The Morgan fingerprint density at radius 2 is 2.17 bits per heavy atom. The summed E-state index contributed by atoms with van der Waals surface area (Å²) in [4.78, 5) is 47.2. The first-order chi connectivity index (χ1) is 13.9. The molecule has 3 N–H and O–H groups in total.